The van der Waals surface area contributed by atoms with E-state index in [2.05, 4.69) is 4.72 Å². The number of anilines is 1. The zero-order valence-corrected chi connectivity index (χ0v) is 17.2. The first-order chi connectivity index (χ1) is 13.8. The molecule has 1 heterocycles. The molecule has 3 aromatic rings. The zero-order valence-electron chi connectivity index (χ0n) is 16.4. The molecule has 0 saturated carbocycles. The van der Waals surface area contributed by atoms with E-state index in [9.17, 15) is 13.2 Å². The molecule has 0 spiro atoms. The third-order valence-electron chi connectivity index (χ3n) is 4.41. The van der Waals surface area contributed by atoms with Gasteiger partial charge in [-0.05, 0) is 67.1 Å². The van der Waals surface area contributed by atoms with Crippen molar-refractivity contribution in [2.75, 3.05) is 18.9 Å². The summed E-state index contributed by atoms with van der Waals surface area (Å²) in [6.07, 6.45) is 1.56. The minimum Gasteiger partial charge on any atom is -0.497 e. The van der Waals surface area contributed by atoms with Gasteiger partial charge >= 0.3 is 0 Å². The van der Waals surface area contributed by atoms with E-state index in [4.69, 9.17) is 9.15 Å². The highest BCUT2D eigenvalue weighted by atomic mass is 32.2. The Morgan fingerprint density at radius 1 is 1.14 bits per heavy atom. The first-order valence-corrected chi connectivity index (χ1v) is 10.3. The first kappa shape index (κ1) is 20.5. The molecule has 0 unspecified atom stereocenters. The van der Waals surface area contributed by atoms with Gasteiger partial charge in [0.15, 0.2) is 0 Å². The van der Waals surface area contributed by atoms with E-state index in [1.165, 1.54) is 24.1 Å². The number of hydrogen-bond acceptors (Lipinski definition) is 5. The minimum atomic E-state index is -3.76. The number of rotatable bonds is 7. The molecule has 0 saturated heterocycles. The largest absolute Gasteiger partial charge is 0.497 e. The number of sulfonamides is 1. The second-order valence-electron chi connectivity index (χ2n) is 6.55. The predicted molar refractivity (Wildman–Crippen MR) is 109 cm³/mol. The summed E-state index contributed by atoms with van der Waals surface area (Å²) in [5.41, 5.74) is 1.51. The lowest BCUT2D eigenvalue weighted by Crippen LogP contribution is -2.26. The van der Waals surface area contributed by atoms with Crippen LogP contribution < -0.4 is 9.46 Å². The van der Waals surface area contributed by atoms with Crippen molar-refractivity contribution in [1.82, 2.24) is 4.90 Å². The fourth-order valence-corrected chi connectivity index (χ4v) is 3.93. The van der Waals surface area contributed by atoms with Crippen LogP contribution in [0.4, 0.5) is 5.69 Å². The van der Waals surface area contributed by atoms with Crippen molar-refractivity contribution in [2.24, 2.45) is 0 Å². The summed E-state index contributed by atoms with van der Waals surface area (Å²) in [6.45, 7) is 2.09. The fourth-order valence-electron chi connectivity index (χ4n) is 2.80. The Labute approximate surface area is 170 Å². The van der Waals surface area contributed by atoms with Gasteiger partial charge in [-0.15, -0.1) is 0 Å². The van der Waals surface area contributed by atoms with Gasteiger partial charge in [-0.1, -0.05) is 0 Å². The Hall–Kier alpha value is -3.26. The summed E-state index contributed by atoms with van der Waals surface area (Å²) >= 11 is 0. The Morgan fingerprint density at radius 3 is 2.45 bits per heavy atom. The Bertz CT molecular complexity index is 1090. The van der Waals surface area contributed by atoms with Crippen molar-refractivity contribution in [1.29, 1.82) is 0 Å². The van der Waals surface area contributed by atoms with Crippen molar-refractivity contribution in [3.05, 3.63) is 77.7 Å². The summed E-state index contributed by atoms with van der Waals surface area (Å²) in [5, 5.41) is 0. The zero-order chi connectivity index (χ0) is 21.0. The number of carbonyl (C=O) groups excluding carboxylic acids is 1. The number of nitrogens with one attached hydrogen (secondary N) is 1. The summed E-state index contributed by atoms with van der Waals surface area (Å²) in [6, 6.07) is 14.5. The van der Waals surface area contributed by atoms with Crippen LogP contribution >= 0.6 is 0 Å². The smallest absolute Gasteiger partial charge is 0.261 e. The summed E-state index contributed by atoms with van der Waals surface area (Å²) in [4.78, 5) is 14.3. The van der Waals surface area contributed by atoms with Gasteiger partial charge in [0.05, 0.1) is 30.5 Å². The molecule has 0 atom stereocenters. The van der Waals surface area contributed by atoms with Crippen LogP contribution in [0, 0.1) is 6.92 Å². The van der Waals surface area contributed by atoms with E-state index in [-0.39, 0.29) is 10.8 Å². The summed E-state index contributed by atoms with van der Waals surface area (Å²) < 4.78 is 38.1. The van der Waals surface area contributed by atoms with Crippen LogP contribution in [0.1, 0.15) is 21.7 Å². The molecular formula is C21H22N2O5S. The number of nitrogens with zero attached hydrogens (tertiary/aromatic N) is 1. The second kappa shape index (κ2) is 8.40. The van der Waals surface area contributed by atoms with Crippen molar-refractivity contribution in [3.8, 4) is 5.75 Å². The van der Waals surface area contributed by atoms with Crippen LogP contribution in [0.2, 0.25) is 0 Å². The third-order valence-corrected chi connectivity index (χ3v) is 5.79. The van der Waals surface area contributed by atoms with Gasteiger partial charge in [0.2, 0.25) is 0 Å². The molecule has 0 fully saturated rings. The molecule has 2 aromatic carbocycles. The molecule has 1 amide bonds. The molecule has 29 heavy (non-hydrogen) atoms. The second-order valence-corrected chi connectivity index (χ2v) is 8.23. The van der Waals surface area contributed by atoms with E-state index in [1.54, 1.807) is 62.7 Å². The van der Waals surface area contributed by atoms with E-state index >= 15 is 0 Å². The van der Waals surface area contributed by atoms with Gasteiger partial charge in [0, 0.05) is 12.6 Å². The molecule has 1 N–H and O–H groups in total. The number of ether oxygens (including phenoxy) is 1. The average Bonchev–Trinajstić information content (AvgIpc) is 3.22. The highest BCUT2D eigenvalue weighted by molar-refractivity contribution is 7.92. The van der Waals surface area contributed by atoms with Crippen molar-refractivity contribution >= 4 is 21.6 Å². The minimum absolute atomic E-state index is 0.121. The van der Waals surface area contributed by atoms with E-state index in [1.807, 2.05) is 0 Å². The standard InChI is InChI=1S/C21H22N2O5S/c1-15-13-16(21(24)23(2)14-18-5-4-12-28-18)6-11-20(15)22-29(25,26)19-9-7-17(27-3)8-10-19/h4-13,22H,14H2,1-3H3. The van der Waals surface area contributed by atoms with E-state index in [0.29, 0.717) is 34.9 Å². The topological polar surface area (TPSA) is 88.8 Å². The number of methoxy groups -OCH3 is 1. The van der Waals surface area contributed by atoms with Crippen LogP contribution in [0.5, 0.6) is 5.75 Å². The van der Waals surface area contributed by atoms with Crippen LogP contribution in [0.25, 0.3) is 0 Å². The number of amides is 1. The number of aryl methyl sites for hydroxylation is 1. The maximum atomic E-state index is 12.6. The Kier molecular flexibility index (Phi) is 5.93. The van der Waals surface area contributed by atoms with Gasteiger partial charge < -0.3 is 14.1 Å². The molecule has 7 nitrogen and oxygen atoms in total. The molecule has 8 heteroatoms. The van der Waals surface area contributed by atoms with Gasteiger partial charge in [-0.25, -0.2) is 8.42 Å². The van der Waals surface area contributed by atoms with Gasteiger partial charge in [0.1, 0.15) is 11.5 Å². The van der Waals surface area contributed by atoms with Gasteiger partial charge in [-0.2, -0.15) is 0 Å². The van der Waals surface area contributed by atoms with Crippen molar-refractivity contribution < 1.29 is 22.4 Å². The van der Waals surface area contributed by atoms with Crippen LogP contribution in [0.15, 0.2) is 70.2 Å². The number of carbonyl (C=O) groups is 1. The molecule has 0 aliphatic rings. The fraction of sp³-hybridized carbons (Fsp3) is 0.190. The quantitative estimate of drug-likeness (QED) is 0.637. The lowest BCUT2D eigenvalue weighted by atomic mass is 10.1. The van der Waals surface area contributed by atoms with Crippen molar-refractivity contribution in [2.45, 2.75) is 18.4 Å². The lowest BCUT2D eigenvalue weighted by molar-refractivity contribution is 0.0775. The molecule has 152 valence electrons. The normalized spacial score (nSPS) is 11.1. The molecule has 0 aliphatic heterocycles. The monoisotopic (exact) mass is 414 g/mol. The molecular weight excluding hydrogens is 392 g/mol. The van der Waals surface area contributed by atoms with Crippen molar-refractivity contribution in [3.63, 3.8) is 0 Å². The number of hydrogen-bond donors (Lipinski definition) is 1. The molecule has 0 aliphatic carbocycles. The highest BCUT2D eigenvalue weighted by Gasteiger charge is 2.18. The number of benzene rings is 2. The average molecular weight is 414 g/mol. The highest BCUT2D eigenvalue weighted by Crippen LogP contribution is 2.23. The maximum Gasteiger partial charge on any atom is 0.261 e. The first-order valence-electron chi connectivity index (χ1n) is 8.85. The SMILES string of the molecule is COc1ccc(S(=O)(=O)Nc2ccc(C(=O)N(C)Cc3ccco3)cc2C)cc1. The van der Waals surface area contributed by atoms with Crippen LogP contribution in [0.3, 0.4) is 0 Å². The maximum absolute atomic E-state index is 12.6. The molecule has 0 radical (unpaired) electrons. The Morgan fingerprint density at radius 2 is 1.86 bits per heavy atom. The molecule has 0 bridgehead atoms. The molecule has 1 aromatic heterocycles. The van der Waals surface area contributed by atoms with Crippen LogP contribution in [-0.2, 0) is 16.6 Å². The van der Waals surface area contributed by atoms with E-state index in [0.717, 1.165) is 0 Å². The number of furan rings is 1. The van der Waals surface area contributed by atoms with Crippen LogP contribution in [-0.4, -0.2) is 33.4 Å². The van der Waals surface area contributed by atoms with Gasteiger partial charge in [-0.3, -0.25) is 9.52 Å². The Balaban J connectivity index is 1.75. The third kappa shape index (κ3) is 4.78. The lowest BCUT2D eigenvalue weighted by Gasteiger charge is -2.17. The summed E-state index contributed by atoms with van der Waals surface area (Å²) in [5.74, 6) is 1.07. The molecule has 3 rings (SSSR count). The predicted octanol–water partition coefficient (Wildman–Crippen LogP) is 3.67. The van der Waals surface area contributed by atoms with E-state index < -0.39 is 10.0 Å². The summed E-state index contributed by atoms with van der Waals surface area (Å²) in [7, 11) is -0.563. The van der Waals surface area contributed by atoms with Gasteiger partial charge in [0.25, 0.3) is 15.9 Å².